The second-order valence-electron chi connectivity index (χ2n) is 5.52. The van der Waals surface area contributed by atoms with Gasteiger partial charge in [-0.15, -0.1) is 0 Å². The number of carbonyl (C=O) groups is 1. The number of pyridine rings is 2. The quantitative estimate of drug-likeness (QED) is 0.699. The number of hydrogen-bond donors (Lipinski definition) is 1. The van der Waals surface area contributed by atoms with Crippen LogP contribution in [0.3, 0.4) is 0 Å². The summed E-state index contributed by atoms with van der Waals surface area (Å²) >= 11 is 0. The van der Waals surface area contributed by atoms with Crippen LogP contribution >= 0.6 is 0 Å². The zero-order valence-electron chi connectivity index (χ0n) is 14.2. The molecule has 0 saturated carbocycles. The molecule has 2 aromatic heterocycles. The van der Waals surface area contributed by atoms with E-state index in [-0.39, 0.29) is 5.91 Å². The van der Waals surface area contributed by atoms with Gasteiger partial charge in [0.25, 0.3) is 5.91 Å². The third kappa shape index (κ3) is 4.10. The number of aryl methyl sites for hydroxylation is 1. The number of methoxy groups -OCH3 is 1. The first-order chi connectivity index (χ1) is 12.2. The zero-order valence-corrected chi connectivity index (χ0v) is 14.2. The molecule has 0 unspecified atom stereocenters. The van der Waals surface area contributed by atoms with Crippen LogP contribution < -0.4 is 10.1 Å². The van der Waals surface area contributed by atoms with E-state index in [0.29, 0.717) is 35.9 Å². The summed E-state index contributed by atoms with van der Waals surface area (Å²) in [6.45, 7) is 2.80. The van der Waals surface area contributed by atoms with E-state index in [1.54, 1.807) is 31.5 Å². The number of aromatic nitrogens is 2. The molecular weight excluding hydrogens is 318 g/mol. The molecule has 1 amide bonds. The largest absolute Gasteiger partial charge is 0.491 e. The molecule has 25 heavy (non-hydrogen) atoms. The topological polar surface area (TPSA) is 73.3 Å². The monoisotopic (exact) mass is 337 g/mol. The molecule has 0 aliphatic carbocycles. The van der Waals surface area contributed by atoms with E-state index in [4.69, 9.17) is 9.47 Å². The van der Waals surface area contributed by atoms with Crippen molar-refractivity contribution in [3.8, 4) is 5.75 Å². The third-order valence-corrected chi connectivity index (χ3v) is 3.64. The molecule has 2 heterocycles. The number of ether oxygens (including phenoxy) is 2. The van der Waals surface area contributed by atoms with Crippen molar-refractivity contribution in [2.24, 2.45) is 0 Å². The summed E-state index contributed by atoms with van der Waals surface area (Å²) in [5.41, 5.74) is 3.26. The van der Waals surface area contributed by atoms with Gasteiger partial charge in [-0.25, -0.2) is 4.98 Å². The van der Waals surface area contributed by atoms with Gasteiger partial charge in [0.15, 0.2) is 0 Å². The van der Waals surface area contributed by atoms with Crippen molar-refractivity contribution in [1.82, 2.24) is 9.97 Å². The molecule has 3 rings (SSSR count). The predicted octanol–water partition coefficient (Wildman–Crippen LogP) is 3.22. The molecule has 0 aliphatic heterocycles. The SMILES string of the molecule is COCCOc1cccc(NC(=O)c2nc3cccnc3cc2C)c1. The van der Waals surface area contributed by atoms with Crippen LogP contribution in [0.1, 0.15) is 16.1 Å². The molecule has 1 N–H and O–H groups in total. The highest BCUT2D eigenvalue weighted by Crippen LogP contribution is 2.19. The normalized spacial score (nSPS) is 10.6. The fourth-order valence-electron chi connectivity index (χ4n) is 2.42. The number of hydrogen-bond acceptors (Lipinski definition) is 5. The molecule has 6 heteroatoms. The number of benzene rings is 1. The molecule has 128 valence electrons. The van der Waals surface area contributed by atoms with Gasteiger partial charge in [0.05, 0.1) is 17.6 Å². The van der Waals surface area contributed by atoms with Crippen molar-refractivity contribution < 1.29 is 14.3 Å². The summed E-state index contributed by atoms with van der Waals surface area (Å²) in [7, 11) is 1.62. The molecule has 3 aromatic rings. The molecule has 0 atom stereocenters. The molecule has 0 bridgehead atoms. The molecular formula is C19H19N3O3. The average molecular weight is 337 g/mol. The lowest BCUT2D eigenvalue weighted by Gasteiger charge is -2.10. The highest BCUT2D eigenvalue weighted by molar-refractivity contribution is 6.05. The van der Waals surface area contributed by atoms with Crippen LogP contribution in [0.5, 0.6) is 5.75 Å². The molecule has 0 aliphatic rings. The smallest absolute Gasteiger partial charge is 0.274 e. The summed E-state index contributed by atoms with van der Waals surface area (Å²) in [6.07, 6.45) is 1.71. The van der Waals surface area contributed by atoms with E-state index in [9.17, 15) is 4.79 Å². The Bertz CT molecular complexity index is 896. The van der Waals surface area contributed by atoms with E-state index >= 15 is 0 Å². The van der Waals surface area contributed by atoms with Crippen LogP contribution in [-0.4, -0.2) is 36.2 Å². The standard InChI is InChI=1S/C19H19N3O3/c1-13-11-17-16(7-4-8-20-17)22-18(13)19(23)21-14-5-3-6-15(12-14)25-10-9-24-2/h3-8,11-12H,9-10H2,1-2H3,(H,21,23). The van der Waals surface area contributed by atoms with Gasteiger partial charge in [0.1, 0.15) is 18.1 Å². The lowest BCUT2D eigenvalue weighted by molar-refractivity contribution is 0.102. The maximum atomic E-state index is 12.6. The van der Waals surface area contributed by atoms with Crippen LogP contribution in [0.4, 0.5) is 5.69 Å². The average Bonchev–Trinajstić information content (AvgIpc) is 2.61. The molecule has 0 spiro atoms. The van der Waals surface area contributed by atoms with Gasteiger partial charge in [-0.05, 0) is 42.8 Å². The Morgan fingerprint density at radius 1 is 1.12 bits per heavy atom. The van der Waals surface area contributed by atoms with Crippen LogP contribution in [0.2, 0.25) is 0 Å². The van der Waals surface area contributed by atoms with Gasteiger partial charge in [-0.1, -0.05) is 6.07 Å². The van der Waals surface area contributed by atoms with Crippen molar-refractivity contribution in [2.45, 2.75) is 6.92 Å². The van der Waals surface area contributed by atoms with Gasteiger partial charge < -0.3 is 14.8 Å². The summed E-state index contributed by atoms with van der Waals surface area (Å²) in [5, 5.41) is 2.86. The van der Waals surface area contributed by atoms with Crippen LogP contribution in [0.25, 0.3) is 11.0 Å². The van der Waals surface area contributed by atoms with Gasteiger partial charge >= 0.3 is 0 Å². The Morgan fingerprint density at radius 2 is 2.00 bits per heavy atom. The summed E-state index contributed by atoms with van der Waals surface area (Å²) < 4.78 is 10.5. The molecule has 0 radical (unpaired) electrons. The maximum Gasteiger partial charge on any atom is 0.274 e. The predicted molar refractivity (Wildman–Crippen MR) is 96.0 cm³/mol. The second-order valence-corrected chi connectivity index (χ2v) is 5.52. The Morgan fingerprint density at radius 3 is 2.84 bits per heavy atom. The third-order valence-electron chi connectivity index (χ3n) is 3.64. The number of fused-ring (bicyclic) bond motifs is 1. The van der Waals surface area contributed by atoms with E-state index in [1.165, 1.54) is 0 Å². The van der Waals surface area contributed by atoms with Crippen molar-refractivity contribution in [3.05, 3.63) is 59.9 Å². The lowest BCUT2D eigenvalue weighted by atomic mass is 10.1. The first-order valence-corrected chi connectivity index (χ1v) is 7.93. The fraction of sp³-hybridized carbons (Fsp3) is 0.211. The van der Waals surface area contributed by atoms with E-state index in [2.05, 4.69) is 15.3 Å². The number of carbonyl (C=O) groups excluding carboxylic acids is 1. The Balaban J connectivity index is 1.78. The summed E-state index contributed by atoms with van der Waals surface area (Å²) in [4.78, 5) is 21.3. The highest BCUT2D eigenvalue weighted by Gasteiger charge is 2.13. The minimum absolute atomic E-state index is 0.266. The molecule has 6 nitrogen and oxygen atoms in total. The second kappa shape index (κ2) is 7.72. The molecule has 0 saturated heterocycles. The number of anilines is 1. The Kier molecular flexibility index (Phi) is 5.20. The van der Waals surface area contributed by atoms with Gasteiger partial charge in [0, 0.05) is 25.1 Å². The number of amides is 1. The number of nitrogens with zero attached hydrogens (tertiary/aromatic N) is 2. The van der Waals surface area contributed by atoms with E-state index in [1.807, 2.05) is 31.2 Å². The van der Waals surface area contributed by atoms with Gasteiger partial charge in [-0.3, -0.25) is 9.78 Å². The first kappa shape index (κ1) is 16.9. The lowest BCUT2D eigenvalue weighted by Crippen LogP contribution is -2.15. The van der Waals surface area contributed by atoms with E-state index < -0.39 is 0 Å². The van der Waals surface area contributed by atoms with Crippen LogP contribution in [-0.2, 0) is 4.74 Å². The van der Waals surface area contributed by atoms with Crippen molar-refractivity contribution in [2.75, 3.05) is 25.6 Å². The van der Waals surface area contributed by atoms with E-state index in [0.717, 1.165) is 11.1 Å². The number of rotatable bonds is 6. The zero-order chi connectivity index (χ0) is 17.6. The van der Waals surface area contributed by atoms with Gasteiger partial charge in [-0.2, -0.15) is 0 Å². The van der Waals surface area contributed by atoms with Crippen molar-refractivity contribution >= 4 is 22.6 Å². The minimum atomic E-state index is -0.266. The Hall–Kier alpha value is -2.99. The highest BCUT2D eigenvalue weighted by atomic mass is 16.5. The van der Waals surface area contributed by atoms with Crippen molar-refractivity contribution in [3.63, 3.8) is 0 Å². The molecule has 0 fully saturated rings. The minimum Gasteiger partial charge on any atom is -0.491 e. The van der Waals surface area contributed by atoms with Crippen molar-refractivity contribution in [1.29, 1.82) is 0 Å². The maximum absolute atomic E-state index is 12.6. The van der Waals surface area contributed by atoms with Crippen LogP contribution in [0.15, 0.2) is 48.7 Å². The molecule has 1 aromatic carbocycles. The Labute approximate surface area is 145 Å². The summed E-state index contributed by atoms with van der Waals surface area (Å²) in [5.74, 6) is 0.402. The summed E-state index contributed by atoms with van der Waals surface area (Å²) in [6, 6.07) is 12.7. The number of nitrogens with one attached hydrogen (secondary N) is 1. The first-order valence-electron chi connectivity index (χ1n) is 7.93. The fourth-order valence-corrected chi connectivity index (χ4v) is 2.42. The van der Waals surface area contributed by atoms with Crippen LogP contribution in [0, 0.1) is 6.92 Å². The van der Waals surface area contributed by atoms with Gasteiger partial charge in [0.2, 0.25) is 0 Å².